The molecule has 17 heavy (non-hydrogen) atoms. The van der Waals surface area contributed by atoms with Crippen molar-refractivity contribution in [3.63, 3.8) is 0 Å². The van der Waals surface area contributed by atoms with Crippen molar-refractivity contribution in [3.05, 3.63) is 30.7 Å². The monoisotopic (exact) mass is 243 g/mol. The molecule has 0 fully saturated rings. The Morgan fingerprint density at radius 2 is 2.00 bits per heavy atom. The van der Waals surface area contributed by atoms with Crippen LogP contribution in [0.15, 0.2) is 30.7 Å². The summed E-state index contributed by atoms with van der Waals surface area (Å²) in [6.45, 7) is -1.13. The number of hydrogen-bond acceptors (Lipinski definition) is 3. The minimum Gasteiger partial charge on any atom is -0.506 e. The molecular weight excluding hydrogens is 235 g/mol. The Labute approximate surface area is 94.3 Å². The summed E-state index contributed by atoms with van der Waals surface area (Å²) in [4.78, 5) is 3.87. The van der Waals surface area contributed by atoms with Crippen LogP contribution in [0.3, 0.4) is 0 Å². The second-order valence-corrected chi connectivity index (χ2v) is 3.44. The van der Waals surface area contributed by atoms with Gasteiger partial charge in [0.1, 0.15) is 12.3 Å². The first kappa shape index (κ1) is 11.4. The molecule has 1 N–H and O–H groups in total. The van der Waals surface area contributed by atoms with E-state index in [-0.39, 0.29) is 5.75 Å². The Bertz CT molecular complexity index is 504. The number of nitrogens with zero attached hydrogens (tertiary/aromatic N) is 3. The zero-order chi connectivity index (χ0) is 12.5. The Kier molecular flexibility index (Phi) is 2.74. The maximum Gasteiger partial charge on any atom is 0.408 e. The van der Waals surface area contributed by atoms with E-state index in [0.29, 0.717) is 11.3 Å². The third-order valence-electron chi connectivity index (χ3n) is 2.02. The van der Waals surface area contributed by atoms with E-state index in [9.17, 15) is 13.2 Å². The molecule has 0 saturated heterocycles. The van der Waals surface area contributed by atoms with Crippen LogP contribution in [-0.4, -0.2) is 26.0 Å². The number of aromatic nitrogens is 3. The summed E-state index contributed by atoms with van der Waals surface area (Å²) in [5.41, 5.74) is 0.922. The second kappa shape index (κ2) is 4.08. The van der Waals surface area contributed by atoms with Gasteiger partial charge in [-0.15, -0.1) is 0 Å². The molecule has 0 aromatic carbocycles. The minimum atomic E-state index is -4.30. The average molecular weight is 243 g/mol. The van der Waals surface area contributed by atoms with Crippen LogP contribution in [0.4, 0.5) is 13.2 Å². The topological polar surface area (TPSA) is 50.9 Å². The Morgan fingerprint density at radius 1 is 1.24 bits per heavy atom. The predicted molar refractivity (Wildman–Crippen MR) is 53.2 cm³/mol. The van der Waals surface area contributed by atoms with Crippen LogP contribution < -0.4 is 0 Å². The Balaban J connectivity index is 2.21. The van der Waals surface area contributed by atoms with Crippen molar-refractivity contribution in [2.75, 3.05) is 0 Å². The van der Waals surface area contributed by atoms with Gasteiger partial charge >= 0.3 is 6.18 Å². The van der Waals surface area contributed by atoms with Gasteiger partial charge in [-0.2, -0.15) is 18.3 Å². The zero-order valence-corrected chi connectivity index (χ0v) is 8.52. The smallest absolute Gasteiger partial charge is 0.408 e. The van der Waals surface area contributed by atoms with Gasteiger partial charge < -0.3 is 5.11 Å². The third-order valence-corrected chi connectivity index (χ3v) is 2.02. The van der Waals surface area contributed by atoms with Crippen molar-refractivity contribution in [1.29, 1.82) is 0 Å². The molecule has 4 nitrogen and oxygen atoms in total. The lowest BCUT2D eigenvalue weighted by Gasteiger charge is -2.04. The number of pyridine rings is 1. The molecule has 0 bridgehead atoms. The van der Waals surface area contributed by atoms with Crippen LogP contribution in [-0.2, 0) is 6.54 Å². The highest BCUT2D eigenvalue weighted by Crippen LogP contribution is 2.21. The van der Waals surface area contributed by atoms with Crippen molar-refractivity contribution >= 4 is 0 Å². The fourth-order valence-electron chi connectivity index (χ4n) is 1.32. The first-order chi connectivity index (χ1) is 7.94. The fourth-order valence-corrected chi connectivity index (χ4v) is 1.32. The molecule has 0 aliphatic rings. The second-order valence-electron chi connectivity index (χ2n) is 3.44. The normalized spacial score (nSPS) is 11.7. The van der Waals surface area contributed by atoms with Gasteiger partial charge in [-0.05, 0) is 12.1 Å². The van der Waals surface area contributed by atoms with Gasteiger partial charge in [0.15, 0.2) is 0 Å². The van der Waals surface area contributed by atoms with E-state index in [4.69, 9.17) is 5.11 Å². The van der Waals surface area contributed by atoms with E-state index in [1.807, 2.05) is 0 Å². The highest BCUT2D eigenvalue weighted by atomic mass is 19.4. The largest absolute Gasteiger partial charge is 0.506 e. The quantitative estimate of drug-likeness (QED) is 0.879. The summed E-state index contributed by atoms with van der Waals surface area (Å²) >= 11 is 0. The number of alkyl halides is 3. The van der Waals surface area contributed by atoms with Gasteiger partial charge in [-0.1, -0.05) is 0 Å². The van der Waals surface area contributed by atoms with E-state index in [1.165, 1.54) is 30.7 Å². The van der Waals surface area contributed by atoms with Crippen molar-refractivity contribution < 1.29 is 18.3 Å². The van der Waals surface area contributed by atoms with Crippen LogP contribution in [0.25, 0.3) is 11.3 Å². The molecule has 2 aromatic rings. The van der Waals surface area contributed by atoms with Crippen LogP contribution in [0.2, 0.25) is 0 Å². The zero-order valence-electron chi connectivity index (χ0n) is 8.52. The molecule has 0 amide bonds. The first-order valence-corrected chi connectivity index (χ1v) is 4.69. The SMILES string of the molecule is Oc1ccc(-c2cnn(CC(F)(F)F)c2)nc1. The average Bonchev–Trinajstić information content (AvgIpc) is 2.64. The van der Waals surface area contributed by atoms with Gasteiger partial charge in [0, 0.05) is 11.8 Å². The van der Waals surface area contributed by atoms with Crippen LogP contribution in [0.1, 0.15) is 0 Å². The number of aromatic hydroxyl groups is 1. The Morgan fingerprint density at radius 3 is 2.59 bits per heavy atom. The van der Waals surface area contributed by atoms with Crippen molar-refractivity contribution in [2.24, 2.45) is 0 Å². The van der Waals surface area contributed by atoms with Gasteiger partial charge in [0.2, 0.25) is 0 Å². The molecule has 2 heterocycles. The molecule has 2 aromatic heterocycles. The number of rotatable bonds is 2. The Hall–Kier alpha value is -2.05. The molecule has 7 heteroatoms. The molecule has 0 spiro atoms. The van der Waals surface area contributed by atoms with E-state index >= 15 is 0 Å². The van der Waals surface area contributed by atoms with E-state index in [2.05, 4.69) is 10.1 Å². The fraction of sp³-hybridized carbons (Fsp3) is 0.200. The summed E-state index contributed by atoms with van der Waals surface area (Å²) < 4.78 is 37.1. The lowest BCUT2D eigenvalue weighted by Crippen LogP contribution is -2.17. The molecular formula is C10H8F3N3O. The van der Waals surface area contributed by atoms with Crippen molar-refractivity contribution in [3.8, 4) is 17.0 Å². The van der Waals surface area contributed by atoms with Gasteiger partial charge in [-0.25, -0.2) is 0 Å². The van der Waals surface area contributed by atoms with Crippen molar-refractivity contribution in [2.45, 2.75) is 12.7 Å². The maximum absolute atomic E-state index is 12.1. The van der Waals surface area contributed by atoms with Crippen LogP contribution >= 0.6 is 0 Å². The molecule has 2 rings (SSSR count). The standard InChI is InChI=1S/C10H8F3N3O/c11-10(12,13)6-16-5-7(3-15-16)9-2-1-8(17)4-14-9/h1-5,17H,6H2. The summed E-state index contributed by atoms with van der Waals surface area (Å²) in [6.07, 6.45) is -0.528. The molecule has 90 valence electrons. The first-order valence-electron chi connectivity index (χ1n) is 4.69. The van der Waals surface area contributed by atoms with Gasteiger partial charge in [0.05, 0.1) is 18.1 Å². The molecule has 0 unspecified atom stereocenters. The number of halogens is 3. The third kappa shape index (κ3) is 2.96. The van der Waals surface area contributed by atoms with Crippen LogP contribution in [0.5, 0.6) is 5.75 Å². The summed E-state index contributed by atoms with van der Waals surface area (Å²) in [7, 11) is 0. The van der Waals surface area contributed by atoms with Gasteiger partial charge in [-0.3, -0.25) is 9.67 Å². The summed E-state index contributed by atoms with van der Waals surface area (Å²) in [5.74, 6) is -0.00330. The summed E-state index contributed by atoms with van der Waals surface area (Å²) in [6, 6.07) is 2.91. The van der Waals surface area contributed by atoms with Crippen LogP contribution in [0, 0.1) is 0 Å². The predicted octanol–water partition coefficient (Wildman–Crippen LogP) is 2.21. The van der Waals surface area contributed by atoms with E-state index < -0.39 is 12.7 Å². The summed E-state index contributed by atoms with van der Waals surface area (Å²) in [5, 5.41) is 12.6. The number of hydrogen-bond donors (Lipinski definition) is 1. The highest BCUT2D eigenvalue weighted by Gasteiger charge is 2.28. The van der Waals surface area contributed by atoms with E-state index in [1.54, 1.807) is 0 Å². The molecule has 0 aliphatic carbocycles. The van der Waals surface area contributed by atoms with E-state index in [0.717, 1.165) is 4.68 Å². The molecule has 0 saturated carbocycles. The maximum atomic E-state index is 12.1. The lowest BCUT2D eigenvalue weighted by atomic mass is 10.2. The highest BCUT2D eigenvalue weighted by molar-refractivity contribution is 5.57. The lowest BCUT2D eigenvalue weighted by molar-refractivity contribution is -0.142. The molecule has 0 atom stereocenters. The molecule has 0 aliphatic heterocycles. The molecule has 0 radical (unpaired) electrons. The van der Waals surface area contributed by atoms with Crippen molar-refractivity contribution in [1.82, 2.24) is 14.8 Å². The minimum absolute atomic E-state index is 0.00330. The van der Waals surface area contributed by atoms with Gasteiger partial charge in [0.25, 0.3) is 0 Å².